The minimum Gasteiger partial charge on any atom is -0.489 e. The van der Waals surface area contributed by atoms with Crippen molar-refractivity contribution >= 4 is 11.6 Å². The van der Waals surface area contributed by atoms with Crippen LogP contribution in [0.15, 0.2) is 48.5 Å². The highest BCUT2D eigenvalue weighted by Gasteiger charge is 2.17. The molecule has 1 aliphatic heterocycles. The highest BCUT2D eigenvalue weighted by molar-refractivity contribution is 6.04. The number of amides is 1. The van der Waals surface area contributed by atoms with Crippen molar-refractivity contribution in [3.8, 4) is 5.75 Å². The molecule has 2 aromatic carbocycles. The Bertz CT molecular complexity index is 666. The van der Waals surface area contributed by atoms with Crippen LogP contribution in [0.3, 0.4) is 0 Å². The van der Waals surface area contributed by atoms with E-state index in [4.69, 9.17) is 9.47 Å². The van der Waals surface area contributed by atoms with Crippen LogP contribution in [0.2, 0.25) is 0 Å². The van der Waals surface area contributed by atoms with Gasteiger partial charge in [0, 0.05) is 12.2 Å². The number of hydrogen-bond acceptors (Lipinski definition) is 3. The molecule has 0 bridgehead atoms. The van der Waals surface area contributed by atoms with Gasteiger partial charge in [-0.3, -0.25) is 4.79 Å². The van der Waals surface area contributed by atoms with Crippen LogP contribution in [0.4, 0.5) is 10.1 Å². The summed E-state index contributed by atoms with van der Waals surface area (Å²) in [4.78, 5) is 12.2. The van der Waals surface area contributed by atoms with Gasteiger partial charge in [-0.15, -0.1) is 0 Å². The standard InChI is InChI=1S/C18H18FNO3/c19-14-9-7-13(8-10-14)18(21)20-16-5-1-2-6-17(16)23-12-15-4-3-11-22-15/h1-2,5-10,15H,3-4,11-12H2,(H,20,21). The van der Waals surface area contributed by atoms with E-state index in [1.807, 2.05) is 12.1 Å². The van der Waals surface area contributed by atoms with Gasteiger partial charge in [0.1, 0.15) is 18.2 Å². The molecule has 0 radical (unpaired) electrons. The number of anilines is 1. The van der Waals surface area contributed by atoms with Crippen molar-refractivity contribution < 1.29 is 18.7 Å². The van der Waals surface area contributed by atoms with Gasteiger partial charge in [-0.05, 0) is 49.2 Å². The van der Waals surface area contributed by atoms with Crippen LogP contribution in [-0.2, 0) is 4.74 Å². The SMILES string of the molecule is O=C(Nc1ccccc1OCC1CCCO1)c1ccc(F)cc1. The van der Waals surface area contributed by atoms with Crippen molar-refractivity contribution in [2.24, 2.45) is 0 Å². The Labute approximate surface area is 134 Å². The lowest BCUT2D eigenvalue weighted by Gasteiger charge is -2.15. The van der Waals surface area contributed by atoms with Crippen molar-refractivity contribution in [2.45, 2.75) is 18.9 Å². The zero-order chi connectivity index (χ0) is 16.1. The fourth-order valence-corrected chi connectivity index (χ4v) is 2.45. The number of para-hydroxylation sites is 2. The lowest BCUT2D eigenvalue weighted by Crippen LogP contribution is -2.18. The molecule has 4 nitrogen and oxygen atoms in total. The molecular weight excluding hydrogens is 297 g/mol. The van der Waals surface area contributed by atoms with Gasteiger partial charge in [0.25, 0.3) is 5.91 Å². The molecule has 1 aliphatic rings. The lowest BCUT2D eigenvalue weighted by molar-refractivity contribution is 0.0682. The summed E-state index contributed by atoms with van der Waals surface area (Å²) in [5, 5.41) is 2.79. The summed E-state index contributed by atoms with van der Waals surface area (Å²) in [7, 11) is 0. The smallest absolute Gasteiger partial charge is 0.255 e. The molecule has 3 rings (SSSR count). The minimum absolute atomic E-state index is 0.107. The summed E-state index contributed by atoms with van der Waals surface area (Å²) in [6.07, 6.45) is 2.15. The molecule has 0 saturated carbocycles. The third-order valence-electron chi connectivity index (χ3n) is 3.69. The topological polar surface area (TPSA) is 47.6 Å². The number of benzene rings is 2. The Morgan fingerprint density at radius 3 is 2.74 bits per heavy atom. The monoisotopic (exact) mass is 315 g/mol. The summed E-state index contributed by atoms with van der Waals surface area (Å²) >= 11 is 0. The molecule has 0 aliphatic carbocycles. The van der Waals surface area contributed by atoms with E-state index in [0.717, 1.165) is 19.4 Å². The van der Waals surface area contributed by atoms with E-state index < -0.39 is 0 Å². The van der Waals surface area contributed by atoms with E-state index in [9.17, 15) is 9.18 Å². The Morgan fingerprint density at radius 2 is 2.00 bits per heavy atom. The highest BCUT2D eigenvalue weighted by atomic mass is 19.1. The summed E-state index contributed by atoms with van der Waals surface area (Å²) in [5.74, 6) is -0.0847. The Morgan fingerprint density at radius 1 is 1.22 bits per heavy atom. The van der Waals surface area contributed by atoms with Crippen LogP contribution in [0.5, 0.6) is 5.75 Å². The van der Waals surface area contributed by atoms with Gasteiger partial charge in [0.05, 0.1) is 11.8 Å². The van der Waals surface area contributed by atoms with Crippen LogP contribution in [0, 0.1) is 5.82 Å². The summed E-state index contributed by atoms with van der Waals surface area (Å²) in [6.45, 7) is 1.24. The first-order chi connectivity index (χ1) is 11.2. The van der Waals surface area contributed by atoms with Gasteiger partial charge < -0.3 is 14.8 Å². The van der Waals surface area contributed by atoms with Gasteiger partial charge in [0.2, 0.25) is 0 Å². The molecule has 0 aromatic heterocycles. The molecule has 1 unspecified atom stereocenters. The first-order valence-electron chi connectivity index (χ1n) is 7.63. The normalized spacial score (nSPS) is 17.0. The van der Waals surface area contributed by atoms with E-state index in [1.165, 1.54) is 24.3 Å². The van der Waals surface area contributed by atoms with Gasteiger partial charge in [-0.1, -0.05) is 12.1 Å². The van der Waals surface area contributed by atoms with Crippen molar-refractivity contribution in [1.29, 1.82) is 0 Å². The predicted molar refractivity (Wildman–Crippen MR) is 85.3 cm³/mol. The second kappa shape index (κ2) is 7.24. The third-order valence-corrected chi connectivity index (χ3v) is 3.69. The first-order valence-corrected chi connectivity index (χ1v) is 7.63. The minimum atomic E-state index is -0.373. The molecule has 120 valence electrons. The van der Waals surface area contributed by atoms with Crippen LogP contribution in [0.1, 0.15) is 23.2 Å². The van der Waals surface area contributed by atoms with Crippen LogP contribution < -0.4 is 10.1 Å². The summed E-state index contributed by atoms with van der Waals surface area (Å²) < 4.78 is 24.2. The number of ether oxygens (including phenoxy) is 2. The maximum atomic E-state index is 12.9. The van der Waals surface area contributed by atoms with Crippen molar-refractivity contribution in [3.05, 3.63) is 59.9 Å². The average molecular weight is 315 g/mol. The number of carbonyl (C=O) groups is 1. The second-order valence-electron chi connectivity index (χ2n) is 5.40. The van der Waals surface area contributed by atoms with Gasteiger partial charge in [0.15, 0.2) is 0 Å². The molecule has 1 atom stereocenters. The van der Waals surface area contributed by atoms with Gasteiger partial charge in [-0.25, -0.2) is 4.39 Å². The molecule has 0 spiro atoms. The van der Waals surface area contributed by atoms with Crippen LogP contribution in [-0.4, -0.2) is 25.2 Å². The van der Waals surface area contributed by atoms with E-state index in [1.54, 1.807) is 12.1 Å². The zero-order valence-electron chi connectivity index (χ0n) is 12.6. The Kier molecular flexibility index (Phi) is 4.88. The molecule has 1 fully saturated rings. The predicted octanol–water partition coefficient (Wildman–Crippen LogP) is 3.64. The molecule has 1 heterocycles. The van der Waals surface area contributed by atoms with E-state index in [2.05, 4.69) is 5.32 Å². The molecular formula is C18H18FNO3. The molecule has 1 amide bonds. The molecule has 1 N–H and O–H groups in total. The van der Waals surface area contributed by atoms with E-state index >= 15 is 0 Å². The van der Waals surface area contributed by atoms with E-state index in [0.29, 0.717) is 23.6 Å². The molecule has 23 heavy (non-hydrogen) atoms. The molecule has 1 saturated heterocycles. The summed E-state index contributed by atoms with van der Waals surface area (Å²) in [5.41, 5.74) is 0.972. The zero-order valence-corrected chi connectivity index (χ0v) is 12.6. The van der Waals surface area contributed by atoms with Crippen molar-refractivity contribution in [2.75, 3.05) is 18.5 Å². The Hall–Kier alpha value is -2.40. The second-order valence-corrected chi connectivity index (χ2v) is 5.40. The van der Waals surface area contributed by atoms with Gasteiger partial charge >= 0.3 is 0 Å². The fourth-order valence-electron chi connectivity index (χ4n) is 2.45. The molecule has 5 heteroatoms. The first kappa shape index (κ1) is 15.5. The maximum absolute atomic E-state index is 12.9. The lowest BCUT2D eigenvalue weighted by atomic mass is 10.2. The van der Waals surface area contributed by atoms with Crippen molar-refractivity contribution in [3.63, 3.8) is 0 Å². The van der Waals surface area contributed by atoms with E-state index in [-0.39, 0.29) is 17.8 Å². The van der Waals surface area contributed by atoms with Crippen LogP contribution >= 0.6 is 0 Å². The summed E-state index contributed by atoms with van der Waals surface area (Å²) in [6, 6.07) is 12.6. The quantitative estimate of drug-likeness (QED) is 0.916. The number of rotatable bonds is 5. The number of hydrogen-bond donors (Lipinski definition) is 1. The highest BCUT2D eigenvalue weighted by Crippen LogP contribution is 2.25. The number of halogens is 1. The number of carbonyl (C=O) groups excluding carboxylic acids is 1. The van der Waals surface area contributed by atoms with Crippen molar-refractivity contribution in [1.82, 2.24) is 0 Å². The largest absolute Gasteiger partial charge is 0.489 e. The van der Waals surface area contributed by atoms with Crippen LogP contribution in [0.25, 0.3) is 0 Å². The fraction of sp³-hybridized carbons (Fsp3) is 0.278. The Balaban J connectivity index is 1.67. The van der Waals surface area contributed by atoms with Gasteiger partial charge in [-0.2, -0.15) is 0 Å². The molecule has 2 aromatic rings. The maximum Gasteiger partial charge on any atom is 0.255 e. The average Bonchev–Trinajstić information content (AvgIpc) is 3.08. The third kappa shape index (κ3) is 4.07. The number of nitrogens with one attached hydrogen (secondary N) is 1.